The number of benzene rings is 2. The van der Waals surface area contributed by atoms with Crippen molar-refractivity contribution in [3.63, 3.8) is 0 Å². The second-order valence-corrected chi connectivity index (χ2v) is 6.26. The summed E-state index contributed by atoms with van der Waals surface area (Å²) in [5.41, 5.74) is 3.49. The number of aromatic nitrogens is 4. The van der Waals surface area contributed by atoms with Crippen LogP contribution >= 0.6 is 0 Å². The van der Waals surface area contributed by atoms with Crippen LogP contribution in [0.5, 0.6) is 0 Å². The molecular weight excluding hydrogens is 376 g/mol. The standard InChI is InChI=1S/C21H15F2N5O/c22-15-5-1-13(2-6-15)18-9-17(25-12-26-18)11-24-21(29)20-10-19(27-28-20)14-3-7-16(23)8-4-14/h1-10,12H,11H2,(H,24,29)(H,27,28). The zero-order valence-corrected chi connectivity index (χ0v) is 15.1. The highest BCUT2D eigenvalue weighted by Gasteiger charge is 2.12. The van der Waals surface area contributed by atoms with E-state index in [0.29, 0.717) is 22.6 Å². The average Bonchev–Trinajstić information content (AvgIpc) is 3.24. The molecule has 0 aliphatic carbocycles. The Morgan fingerprint density at radius 1 is 0.862 bits per heavy atom. The third-order valence-electron chi connectivity index (χ3n) is 4.26. The van der Waals surface area contributed by atoms with Crippen molar-refractivity contribution >= 4 is 5.91 Å². The van der Waals surface area contributed by atoms with Crippen LogP contribution < -0.4 is 5.32 Å². The molecule has 2 heterocycles. The van der Waals surface area contributed by atoms with Gasteiger partial charge in [0.15, 0.2) is 0 Å². The highest BCUT2D eigenvalue weighted by atomic mass is 19.1. The zero-order chi connectivity index (χ0) is 20.2. The number of carbonyl (C=O) groups is 1. The Hall–Kier alpha value is -3.94. The van der Waals surface area contributed by atoms with E-state index in [-0.39, 0.29) is 29.8 Å². The summed E-state index contributed by atoms with van der Waals surface area (Å²) in [7, 11) is 0. The molecule has 29 heavy (non-hydrogen) atoms. The molecule has 144 valence electrons. The van der Waals surface area contributed by atoms with Crippen LogP contribution in [0, 0.1) is 11.6 Å². The van der Waals surface area contributed by atoms with E-state index in [1.54, 1.807) is 36.4 Å². The molecule has 0 aliphatic heterocycles. The third-order valence-corrected chi connectivity index (χ3v) is 4.26. The van der Waals surface area contributed by atoms with Crippen LogP contribution in [-0.4, -0.2) is 26.1 Å². The number of carbonyl (C=O) groups excluding carboxylic acids is 1. The normalized spacial score (nSPS) is 10.7. The number of rotatable bonds is 5. The van der Waals surface area contributed by atoms with Gasteiger partial charge in [0.2, 0.25) is 0 Å². The largest absolute Gasteiger partial charge is 0.345 e. The molecule has 0 atom stereocenters. The molecule has 0 bridgehead atoms. The van der Waals surface area contributed by atoms with Crippen LogP contribution in [0.15, 0.2) is 67.0 Å². The fourth-order valence-electron chi connectivity index (χ4n) is 2.75. The van der Waals surface area contributed by atoms with Crippen molar-refractivity contribution in [2.24, 2.45) is 0 Å². The minimum atomic E-state index is -0.354. The van der Waals surface area contributed by atoms with E-state index in [1.165, 1.54) is 30.6 Å². The lowest BCUT2D eigenvalue weighted by atomic mass is 10.1. The van der Waals surface area contributed by atoms with Crippen molar-refractivity contribution in [3.05, 3.63) is 90.0 Å². The molecule has 4 aromatic rings. The monoisotopic (exact) mass is 391 g/mol. The highest BCUT2D eigenvalue weighted by molar-refractivity contribution is 5.93. The highest BCUT2D eigenvalue weighted by Crippen LogP contribution is 2.19. The molecule has 0 fully saturated rings. The second-order valence-electron chi connectivity index (χ2n) is 6.26. The maximum atomic E-state index is 13.1. The van der Waals surface area contributed by atoms with Gasteiger partial charge in [-0.3, -0.25) is 9.89 Å². The van der Waals surface area contributed by atoms with Gasteiger partial charge in [-0.1, -0.05) is 0 Å². The van der Waals surface area contributed by atoms with Crippen molar-refractivity contribution in [2.45, 2.75) is 6.54 Å². The van der Waals surface area contributed by atoms with Gasteiger partial charge in [-0.05, 0) is 60.7 Å². The molecule has 0 saturated heterocycles. The Balaban J connectivity index is 1.43. The van der Waals surface area contributed by atoms with Crippen LogP contribution in [0.1, 0.15) is 16.2 Å². The van der Waals surface area contributed by atoms with Crippen molar-refractivity contribution < 1.29 is 13.6 Å². The number of amides is 1. The number of aromatic amines is 1. The van der Waals surface area contributed by atoms with Crippen LogP contribution in [-0.2, 0) is 6.54 Å². The van der Waals surface area contributed by atoms with Gasteiger partial charge in [0.05, 0.1) is 23.6 Å². The zero-order valence-electron chi connectivity index (χ0n) is 15.1. The second kappa shape index (κ2) is 7.97. The minimum absolute atomic E-state index is 0.181. The molecular formula is C21H15F2N5O. The molecule has 6 nitrogen and oxygen atoms in total. The summed E-state index contributed by atoms with van der Waals surface area (Å²) in [6.45, 7) is 0.181. The first-order chi connectivity index (χ1) is 14.1. The van der Waals surface area contributed by atoms with E-state index in [1.807, 2.05) is 0 Å². The number of nitrogens with zero attached hydrogens (tertiary/aromatic N) is 3. The molecule has 4 rings (SSSR count). The summed E-state index contributed by atoms with van der Waals surface area (Å²) in [4.78, 5) is 20.7. The Bertz CT molecular complexity index is 1140. The number of nitrogens with one attached hydrogen (secondary N) is 2. The van der Waals surface area contributed by atoms with Gasteiger partial charge < -0.3 is 5.32 Å². The van der Waals surface area contributed by atoms with E-state index in [4.69, 9.17) is 0 Å². The molecule has 0 aliphatic rings. The first kappa shape index (κ1) is 18.4. The van der Waals surface area contributed by atoms with E-state index in [9.17, 15) is 13.6 Å². The fourth-order valence-corrected chi connectivity index (χ4v) is 2.75. The predicted molar refractivity (Wildman–Crippen MR) is 103 cm³/mol. The lowest BCUT2D eigenvalue weighted by Gasteiger charge is -2.05. The summed E-state index contributed by atoms with van der Waals surface area (Å²) >= 11 is 0. The van der Waals surface area contributed by atoms with Crippen molar-refractivity contribution in [1.29, 1.82) is 0 Å². The molecule has 2 aromatic carbocycles. The average molecular weight is 391 g/mol. The van der Waals surface area contributed by atoms with Gasteiger partial charge in [0.25, 0.3) is 5.91 Å². The Labute approximate surface area is 164 Å². The van der Waals surface area contributed by atoms with Gasteiger partial charge in [-0.2, -0.15) is 5.10 Å². The fraction of sp³-hybridized carbons (Fsp3) is 0.0476. The predicted octanol–water partition coefficient (Wildman–Crippen LogP) is 3.74. The Morgan fingerprint density at radius 3 is 2.14 bits per heavy atom. The Morgan fingerprint density at radius 2 is 1.48 bits per heavy atom. The van der Waals surface area contributed by atoms with E-state index >= 15 is 0 Å². The number of hydrogen-bond acceptors (Lipinski definition) is 4. The van der Waals surface area contributed by atoms with Crippen LogP contribution in [0.3, 0.4) is 0 Å². The van der Waals surface area contributed by atoms with Crippen molar-refractivity contribution in [2.75, 3.05) is 0 Å². The smallest absolute Gasteiger partial charge is 0.269 e. The molecule has 0 spiro atoms. The summed E-state index contributed by atoms with van der Waals surface area (Å²) in [6, 6.07) is 15.1. The summed E-state index contributed by atoms with van der Waals surface area (Å²) in [5, 5.41) is 9.52. The van der Waals surface area contributed by atoms with E-state index in [2.05, 4.69) is 25.5 Å². The maximum Gasteiger partial charge on any atom is 0.269 e. The summed E-state index contributed by atoms with van der Waals surface area (Å²) in [5.74, 6) is -1.02. The van der Waals surface area contributed by atoms with Gasteiger partial charge in [-0.15, -0.1) is 0 Å². The van der Waals surface area contributed by atoms with Gasteiger partial charge in [-0.25, -0.2) is 18.7 Å². The van der Waals surface area contributed by atoms with Crippen molar-refractivity contribution in [3.8, 4) is 22.5 Å². The molecule has 2 aromatic heterocycles. The summed E-state index contributed by atoms with van der Waals surface area (Å²) in [6.07, 6.45) is 1.39. The SMILES string of the molecule is O=C(NCc1cc(-c2ccc(F)cc2)ncn1)c1cc(-c2ccc(F)cc2)n[nH]1. The van der Waals surface area contributed by atoms with Crippen LogP contribution in [0.2, 0.25) is 0 Å². The van der Waals surface area contributed by atoms with Crippen LogP contribution in [0.25, 0.3) is 22.5 Å². The van der Waals surface area contributed by atoms with Gasteiger partial charge in [0.1, 0.15) is 23.7 Å². The molecule has 0 radical (unpaired) electrons. The summed E-state index contributed by atoms with van der Waals surface area (Å²) < 4.78 is 26.1. The van der Waals surface area contributed by atoms with Crippen molar-refractivity contribution in [1.82, 2.24) is 25.5 Å². The molecule has 0 saturated carbocycles. The van der Waals surface area contributed by atoms with E-state index < -0.39 is 0 Å². The maximum absolute atomic E-state index is 13.1. The number of H-pyrrole nitrogens is 1. The lowest BCUT2D eigenvalue weighted by Crippen LogP contribution is -2.23. The molecule has 8 heteroatoms. The molecule has 2 N–H and O–H groups in total. The van der Waals surface area contributed by atoms with Gasteiger partial charge in [0, 0.05) is 11.1 Å². The van der Waals surface area contributed by atoms with E-state index in [0.717, 1.165) is 5.56 Å². The quantitative estimate of drug-likeness (QED) is 0.543. The molecule has 1 amide bonds. The minimum Gasteiger partial charge on any atom is -0.345 e. The first-order valence-corrected chi connectivity index (χ1v) is 8.75. The third kappa shape index (κ3) is 4.32. The molecule has 0 unspecified atom stereocenters. The topological polar surface area (TPSA) is 83.6 Å². The number of halogens is 2. The van der Waals surface area contributed by atoms with Crippen LogP contribution in [0.4, 0.5) is 8.78 Å². The first-order valence-electron chi connectivity index (χ1n) is 8.75. The van der Waals surface area contributed by atoms with Gasteiger partial charge >= 0.3 is 0 Å². The Kier molecular flexibility index (Phi) is 5.07. The number of hydrogen-bond donors (Lipinski definition) is 2. The lowest BCUT2D eigenvalue weighted by molar-refractivity contribution is 0.0945.